The second kappa shape index (κ2) is 4.15. The van der Waals surface area contributed by atoms with E-state index in [2.05, 4.69) is 5.10 Å². The van der Waals surface area contributed by atoms with Crippen molar-refractivity contribution < 1.29 is 8.78 Å². The molecule has 98 valence electrons. The first-order valence-corrected chi connectivity index (χ1v) is 5.95. The highest BCUT2D eigenvalue weighted by atomic mass is 19.1. The molecule has 1 aliphatic rings. The van der Waals surface area contributed by atoms with Crippen LogP contribution < -0.4 is 5.73 Å². The number of hydrogen-bond acceptors (Lipinski definition) is 2. The largest absolute Gasteiger partial charge is 0.384 e. The minimum atomic E-state index is -0.782. The molecule has 0 unspecified atom stereocenters. The maximum absolute atomic E-state index is 13.9. The van der Waals surface area contributed by atoms with E-state index in [0.717, 1.165) is 30.7 Å². The molecule has 1 aliphatic carbocycles. The third-order valence-electron chi connectivity index (χ3n) is 3.16. The van der Waals surface area contributed by atoms with Gasteiger partial charge < -0.3 is 5.73 Å². The molecule has 4 nitrogen and oxygen atoms in total. The van der Waals surface area contributed by atoms with E-state index < -0.39 is 11.6 Å². The Morgan fingerprint density at radius 1 is 1.32 bits per heavy atom. The van der Waals surface area contributed by atoms with Crippen LogP contribution in [0.25, 0.3) is 5.69 Å². The zero-order valence-corrected chi connectivity index (χ0v) is 10.0. The second-order valence-corrected chi connectivity index (χ2v) is 4.66. The van der Waals surface area contributed by atoms with Crippen LogP contribution in [0.15, 0.2) is 24.4 Å². The lowest BCUT2D eigenvalue weighted by molar-refractivity contribution is 0.558. The highest BCUT2D eigenvalue weighted by molar-refractivity contribution is 5.95. The predicted octanol–water partition coefficient (Wildman–Crippen LogP) is 2.31. The molecule has 0 amide bonds. The molecular formula is C13H12F2N4. The normalized spacial score (nSPS) is 14.6. The van der Waals surface area contributed by atoms with Crippen molar-refractivity contribution in [2.45, 2.75) is 18.8 Å². The van der Waals surface area contributed by atoms with Gasteiger partial charge in [-0.2, -0.15) is 5.10 Å². The van der Waals surface area contributed by atoms with Gasteiger partial charge >= 0.3 is 0 Å². The van der Waals surface area contributed by atoms with Crippen LogP contribution in [-0.2, 0) is 0 Å². The van der Waals surface area contributed by atoms with Gasteiger partial charge in [-0.1, -0.05) is 0 Å². The van der Waals surface area contributed by atoms with Gasteiger partial charge in [-0.25, -0.2) is 13.5 Å². The summed E-state index contributed by atoms with van der Waals surface area (Å²) in [5.74, 6) is -1.52. The first-order valence-electron chi connectivity index (χ1n) is 5.95. The van der Waals surface area contributed by atoms with Gasteiger partial charge in [-0.3, -0.25) is 5.41 Å². The van der Waals surface area contributed by atoms with Crippen molar-refractivity contribution in [1.29, 1.82) is 5.41 Å². The molecule has 1 fully saturated rings. The van der Waals surface area contributed by atoms with E-state index in [9.17, 15) is 8.78 Å². The molecule has 0 atom stereocenters. The molecule has 3 N–H and O–H groups in total. The van der Waals surface area contributed by atoms with Gasteiger partial charge in [0.15, 0.2) is 11.6 Å². The third kappa shape index (κ3) is 2.09. The third-order valence-corrected chi connectivity index (χ3v) is 3.16. The number of hydrogen-bond donors (Lipinski definition) is 2. The van der Waals surface area contributed by atoms with E-state index in [1.165, 1.54) is 4.68 Å². The van der Waals surface area contributed by atoms with Crippen LogP contribution in [-0.4, -0.2) is 15.6 Å². The Bertz CT molecular complexity index is 635. The maximum atomic E-state index is 13.9. The summed E-state index contributed by atoms with van der Waals surface area (Å²) in [4.78, 5) is 0. The number of nitrogens with one attached hydrogen (secondary N) is 1. The molecule has 3 rings (SSSR count). The number of halogens is 2. The molecule has 6 heteroatoms. The average Bonchev–Trinajstić information content (AvgIpc) is 3.08. The Morgan fingerprint density at radius 2 is 1.95 bits per heavy atom. The van der Waals surface area contributed by atoms with Crippen LogP contribution in [0.5, 0.6) is 0 Å². The van der Waals surface area contributed by atoms with Crippen molar-refractivity contribution in [2.24, 2.45) is 5.73 Å². The molecule has 19 heavy (non-hydrogen) atoms. The SMILES string of the molecule is N=C(N)c1cc(F)c(-n2ccc(C3CC3)n2)c(F)c1. The van der Waals surface area contributed by atoms with Gasteiger partial charge in [0.2, 0.25) is 0 Å². The fourth-order valence-electron chi connectivity index (χ4n) is 2.00. The van der Waals surface area contributed by atoms with Crippen LogP contribution >= 0.6 is 0 Å². The highest BCUT2D eigenvalue weighted by Crippen LogP contribution is 2.39. The predicted molar refractivity (Wildman–Crippen MR) is 66.5 cm³/mol. The Morgan fingerprint density at radius 3 is 2.47 bits per heavy atom. The first-order chi connectivity index (χ1) is 9.06. The summed E-state index contributed by atoms with van der Waals surface area (Å²) in [6, 6.07) is 3.86. The van der Waals surface area contributed by atoms with Crippen molar-refractivity contribution in [3.8, 4) is 5.69 Å². The Labute approximate surface area is 108 Å². The number of nitrogens with two attached hydrogens (primary N) is 1. The summed E-state index contributed by atoms with van der Waals surface area (Å²) in [6.45, 7) is 0. The number of rotatable bonds is 3. The van der Waals surface area contributed by atoms with Crippen LogP contribution in [0.2, 0.25) is 0 Å². The van der Waals surface area contributed by atoms with Gasteiger partial charge in [-0.15, -0.1) is 0 Å². The minimum absolute atomic E-state index is 0.0216. The van der Waals surface area contributed by atoms with E-state index in [4.69, 9.17) is 11.1 Å². The van der Waals surface area contributed by atoms with Crippen molar-refractivity contribution in [3.63, 3.8) is 0 Å². The molecule has 0 saturated heterocycles. The minimum Gasteiger partial charge on any atom is -0.384 e. The second-order valence-electron chi connectivity index (χ2n) is 4.66. The summed E-state index contributed by atoms with van der Waals surface area (Å²) in [5.41, 5.74) is 5.86. The molecule has 0 aliphatic heterocycles. The van der Waals surface area contributed by atoms with Crippen LogP contribution in [0.3, 0.4) is 0 Å². The fraction of sp³-hybridized carbons (Fsp3) is 0.231. The first kappa shape index (κ1) is 11.8. The smallest absolute Gasteiger partial charge is 0.152 e. The van der Waals surface area contributed by atoms with Gasteiger partial charge in [0, 0.05) is 17.7 Å². The van der Waals surface area contributed by atoms with E-state index in [0.29, 0.717) is 5.92 Å². The zero-order valence-electron chi connectivity index (χ0n) is 10.0. The summed E-state index contributed by atoms with van der Waals surface area (Å²) in [5, 5.41) is 11.4. The fourth-order valence-corrected chi connectivity index (χ4v) is 2.00. The number of nitrogens with zero attached hydrogens (tertiary/aromatic N) is 2. The Balaban J connectivity index is 2.05. The lowest BCUT2D eigenvalue weighted by Crippen LogP contribution is -2.13. The summed E-state index contributed by atoms with van der Waals surface area (Å²) in [7, 11) is 0. The van der Waals surface area contributed by atoms with Crippen molar-refractivity contribution >= 4 is 5.84 Å². The van der Waals surface area contributed by atoms with Gasteiger partial charge in [-0.05, 0) is 31.0 Å². The van der Waals surface area contributed by atoms with E-state index in [1.807, 2.05) is 0 Å². The molecule has 1 aromatic carbocycles. The number of nitrogen functional groups attached to an aromatic ring is 1. The molecular weight excluding hydrogens is 250 g/mol. The standard InChI is InChI=1S/C13H12F2N4/c14-9-5-8(13(16)17)6-10(15)12(9)19-4-3-11(18-19)7-1-2-7/h3-7H,1-2H2,(H3,16,17). The zero-order chi connectivity index (χ0) is 13.6. The number of amidine groups is 1. The highest BCUT2D eigenvalue weighted by Gasteiger charge is 2.26. The molecule has 1 heterocycles. The molecule has 1 aromatic heterocycles. The molecule has 1 saturated carbocycles. The molecule has 0 radical (unpaired) electrons. The molecule has 0 spiro atoms. The molecule has 2 aromatic rings. The Hall–Kier alpha value is -2.24. The summed E-state index contributed by atoms with van der Waals surface area (Å²) >= 11 is 0. The van der Waals surface area contributed by atoms with E-state index in [-0.39, 0.29) is 17.1 Å². The monoisotopic (exact) mass is 262 g/mol. The number of benzene rings is 1. The quantitative estimate of drug-likeness (QED) is 0.658. The summed E-state index contributed by atoms with van der Waals surface area (Å²) in [6.07, 6.45) is 3.69. The van der Waals surface area contributed by atoms with Gasteiger partial charge in [0.1, 0.15) is 11.5 Å². The van der Waals surface area contributed by atoms with Crippen LogP contribution in [0.4, 0.5) is 8.78 Å². The molecule has 0 bridgehead atoms. The van der Waals surface area contributed by atoms with Crippen molar-refractivity contribution in [2.75, 3.05) is 0 Å². The van der Waals surface area contributed by atoms with E-state index in [1.54, 1.807) is 12.3 Å². The lowest BCUT2D eigenvalue weighted by atomic mass is 10.1. The van der Waals surface area contributed by atoms with Crippen molar-refractivity contribution in [1.82, 2.24) is 9.78 Å². The van der Waals surface area contributed by atoms with Crippen LogP contribution in [0.1, 0.15) is 30.0 Å². The van der Waals surface area contributed by atoms with Gasteiger partial charge in [0.05, 0.1) is 5.69 Å². The van der Waals surface area contributed by atoms with Crippen molar-refractivity contribution in [3.05, 3.63) is 47.3 Å². The van der Waals surface area contributed by atoms with Gasteiger partial charge in [0.25, 0.3) is 0 Å². The Kier molecular flexibility index (Phi) is 2.58. The van der Waals surface area contributed by atoms with Crippen LogP contribution in [0, 0.1) is 17.0 Å². The maximum Gasteiger partial charge on any atom is 0.152 e. The number of aromatic nitrogens is 2. The lowest BCUT2D eigenvalue weighted by Gasteiger charge is -2.07. The average molecular weight is 262 g/mol. The summed E-state index contributed by atoms with van der Waals surface area (Å²) < 4.78 is 29.1. The van der Waals surface area contributed by atoms with E-state index >= 15 is 0 Å². The topological polar surface area (TPSA) is 67.7 Å².